The number of carbonyl (C=O) groups excluding carboxylic acids is 3. The molecule has 0 amide bonds. The summed E-state index contributed by atoms with van der Waals surface area (Å²) < 4.78 is 16.8. The lowest BCUT2D eigenvalue weighted by molar-refractivity contribution is -0.167. The Morgan fingerprint density at radius 1 is 0.312 bits per heavy atom. The normalized spacial score (nSPS) is 12.4. The molecule has 0 aromatic carbocycles. The van der Waals surface area contributed by atoms with Gasteiger partial charge in [0.25, 0.3) is 0 Å². The Kier molecular flexibility index (Phi) is 50.8. The van der Waals surface area contributed by atoms with Crippen LogP contribution in [0.3, 0.4) is 0 Å². The zero-order chi connectivity index (χ0) is 46.5. The Bertz CT molecular complexity index is 1120. The van der Waals surface area contributed by atoms with Crippen LogP contribution >= 0.6 is 0 Å². The summed E-state index contributed by atoms with van der Waals surface area (Å²) in [5.74, 6) is -0.889. The first-order chi connectivity index (χ1) is 31.5. The molecule has 0 aromatic rings. The second-order valence-electron chi connectivity index (χ2n) is 18.5. The van der Waals surface area contributed by atoms with Gasteiger partial charge in [0, 0.05) is 19.3 Å². The van der Waals surface area contributed by atoms with Gasteiger partial charge in [0.2, 0.25) is 0 Å². The van der Waals surface area contributed by atoms with Crippen molar-refractivity contribution in [2.24, 2.45) is 0 Å². The summed E-state index contributed by atoms with van der Waals surface area (Å²) in [5, 5.41) is 0. The van der Waals surface area contributed by atoms with Gasteiger partial charge in [-0.25, -0.2) is 0 Å². The Hall–Kier alpha value is -2.63. The van der Waals surface area contributed by atoms with Crippen molar-refractivity contribution in [3.05, 3.63) is 48.6 Å². The molecule has 0 rings (SSSR count). The van der Waals surface area contributed by atoms with Gasteiger partial charge in [-0.05, 0) is 83.5 Å². The molecule has 0 aliphatic heterocycles. The van der Waals surface area contributed by atoms with E-state index in [1.165, 1.54) is 154 Å². The smallest absolute Gasteiger partial charge is 0.306 e. The molecular weight excluding hydrogens is 793 g/mol. The molecule has 372 valence electrons. The van der Waals surface area contributed by atoms with Gasteiger partial charge >= 0.3 is 17.9 Å². The molecule has 0 N–H and O–H groups in total. The monoisotopic (exact) mass is 897 g/mol. The van der Waals surface area contributed by atoms with Gasteiger partial charge in [-0.3, -0.25) is 14.4 Å². The van der Waals surface area contributed by atoms with Crippen molar-refractivity contribution in [2.75, 3.05) is 13.2 Å². The SMILES string of the molecule is CCCCC/C=C\C/C=C\C/C=C\CCCCCCCCC(=O)OCC(COC(=O)CCCCCCCCCCCCCCC)OC(=O)CCCCCCC/C=C\CCCCCCC. The number of hydrogen-bond acceptors (Lipinski definition) is 6. The highest BCUT2D eigenvalue weighted by Gasteiger charge is 2.19. The maximum absolute atomic E-state index is 12.8. The average molecular weight is 897 g/mol. The first-order valence-electron chi connectivity index (χ1n) is 27.6. The topological polar surface area (TPSA) is 78.9 Å². The maximum Gasteiger partial charge on any atom is 0.306 e. The van der Waals surface area contributed by atoms with Crippen LogP contribution in [0.15, 0.2) is 48.6 Å². The predicted octanol–water partition coefficient (Wildman–Crippen LogP) is 18.3. The molecule has 0 heterocycles. The Labute approximate surface area is 397 Å². The third-order valence-corrected chi connectivity index (χ3v) is 12.1. The fourth-order valence-electron chi connectivity index (χ4n) is 7.86. The second kappa shape index (κ2) is 53.0. The summed E-state index contributed by atoms with van der Waals surface area (Å²) in [6.07, 6.45) is 63.7. The first kappa shape index (κ1) is 61.4. The number of esters is 3. The summed E-state index contributed by atoms with van der Waals surface area (Å²) in [6, 6.07) is 0. The number of carbonyl (C=O) groups is 3. The lowest BCUT2D eigenvalue weighted by Crippen LogP contribution is -2.30. The molecule has 1 atom stereocenters. The van der Waals surface area contributed by atoms with Crippen molar-refractivity contribution in [1.29, 1.82) is 0 Å². The lowest BCUT2D eigenvalue weighted by Gasteiger charge is -2.18. The molecule has 0 fully saturated rings. The van der Waals surface area contributed by atoms with Crippen molar-refractivity contribution < 1.29 is 28.6 Å². The van der Waals surface area contributed by atoms with E-state index in [1.807, 2.05) is 0 Å². The standard InChI is InChI=1S/C58H104O6/c1-4-7-10-13-16-19-22-25-27-28-29-30-31-34-36-39-42-45-48-51-57(60)63-54-55(53-62-56(59)50-47-44-41-38-35-32-24-21-18-15-12-9-6-3)64-58(61)52-49-46-43-40-37-33-26-23-20-17-14-11-8-5-2/h16,19,23,25-27,29-30,55H,4-15,17-18,20-22,24,28,31-54H2,1-3H3/b19-16-,26-23-,27-25-,30-29-. The highest BCUT2D eigenvalue weighted by atomic mass is 16.6. The van der Waals surface area contributed by atoms with Crippen LogP contribution in [0.2, 0.25) is 0 Å². The van der Waals surface area contributed by atoms with Crippen LogP contribution < -0.4 is 0 Å². The molecule has 0 spiro atoms. The summed E-state index contributed by atoms with van der Waals surface area (Å²) in [4.78, 5) is 38.0. The van der Waals surface area contributed by atoms with Gasteiger partial charge in [0.15, 0.2) is 6.10 Å². The van der Waals surface area contributed by atoms with Gasteiger partial charge in [0.1, 0.15) is 13.2 Å². The minimum Gasteiger partial charge on any atom is -0.462 e. The maximum atomic E-state index is 12.8. The van der Waals surface area contributed by atoms with E-state index in [4.69, 9.17) is 14.2 Å². The predicted molar refractivity (Wildman–Crippen MR) is 275 cm³/mol. The van der Waals surface area contributed by atoms with Crippen LogP contribution in [0.5, 0.6) is 0 Å². The van der Waals surface area contributed by atoms with Gasteiger partial charge in [0.05, 0.1) is 0 Å². The number of hydrogen-bond donors (Lipinski definition) is 0. The Morgan fingerprint density at radius 2 is 0.562 bits per heavy atom. The third-order valence-electron chi connectivity index (χ3n) is 12.1. The second-order valence-corrected chi connectivity index (χ2v) is 18.5. The number of rotatable bonds is 50. The Morgan fingerprint density at radius 3 is 0.922 bits per heavy atom. The molecule has 6 nitrogen and oxygen atoms in total. The zero-order valence-electron chi connectivity index (χ0n) is 42.6. The van der Waals surface area contributed by atoms with E-state index in [1.54, 1.807) is 0 Å². The van der Waals surface area contributed by atoms with Crippen LogP contribution in [0.4, 0.5) is 0 Å². The van der Waals surface area contributed by atoms with Crippen LogP contribution in [-0.4, -0.2) is 37.2 Å². The molecule has 0 aliphatic carbocycles. The first-order valence-corrected chi connectivity index (χ1v) is 27.6. The summed E-state index contributed by atoms with van der Waals surface area (Å²) in [7, 11) is 0. The van der Waals surface area contributed by atoms with Gasteiger partial charge < -0.3 is 14.2 Å². The minimum absolute atomic E-state index is 0.0781. The molecule has 0 saturated heterocycles. The fraction of sp³-hybridized carbons (Fsp3) is 0.810. The Balaban J connectivity index is 4.37. The molecule has 64 heavy (non-hydrogen) atoms. The highest BCUT2D eigenvalue weighted by molar-refractivity contribution is 5.71. The fourth-order valence-corrected chi connectivity index (χ4v) is 7.86. The van der Waals surface area contributed by atoms with Crippen LogP contribution in [-0.2, 0) is 28.6 Å². The van der Waals surface area contributed by atoms with Crippen molar-refractivity contribution in [3.8, 4) is 0 Å². The molecule has 0 radical (unpaired) electrons. The molecular formula is C58H104O6. The van der Waals surface area contributed by atoms with Crippen LogP contribution in [0.1, 0.15) is 284 Å². The van der Waals surface area contributed by atoms with E-state index in [0.29, 0.717) is 19.3 Å². The van der Waals surface area contributed by atoms with E-state index in [-0.39, 0.29) is 31.1 Å². The quantitative estimate of drug-likeness (QED) is 0.0262. The van der Waals surface area contributed by atoms with E-state index in [0.717, 1.165) is 89.9 Å². The van der Waals surface area contributed by atoms with E-state index in [2.05, 4.69) is 69.4 Å². The van der Waals surface area contributed by atoms with Gasteiger partial charge in [-0.2, -0.15) is 0 Å². The number of unbranched alkanes of at least 4 members (excludes halogenated alkanes) is 31. The van der Waals surface area contributed by atoms with Crippen molar-refractivity contribution >= 4 is 17.9 Å². The zero-order valence-corrected chi connectivity index (χ0v) is 42.6. The summed E-state index contributed by atoms with van der Waals surface area (Å²) in [6.45, 7) is 6.61. The highest BCUT2D eigenvalue weighted by Crippen LogP contribution is 2.15. The molecule has 6 heteroatoms. The molecule has 1 unspecified atom stereocenters. The minimum atomic E-state index is -0.780. The van der Waals surface area contributed by atoms with Crippen molar-refractivity contribution in [1.82, 2.24) is 0 Å². The van der Waals surface area contributed by atoms with E-state index in [9.17, 15) is 14.4 Å². The van der Waals surface area contributed by atoms with Crippen molar-refractivity contribution in [2.45, 2.75) is 290 Å². The van der Waals surface area contributed by atoms with E-state index < -0.39 is 6.10 Å². The molecule has 0 bridgehead atoms. The summed E-state index contributed by atoms with van der Waals surface area (Å²) >= 11 is 0. The molecule has 0 aromatic heterocycles. The molecule has 0 saturated carbocycles. The third kappa shape index (κ3) is 50.4. The lowest BCUT2D eigenvalue weighted by atomic mass is 10.0. The largest absolute Gasteiger partial charge is 0.462 e. The van der Waals surface area contributed by atoms with Crippen LogP contribution in [0, 0.1) is 0 Å². The van der Waals surface area contributed by atoms with Crippen molar-refractivity contribution in [3.63, 3.8) is 0 Å². The number of ether oxygens (including phenoxy) is 3. The average Bonchev–Trinajstić information content (AvgIpc) is 3.29. The van der Waals surface area contributed by atoms with Gasteiger partial charge in [-0.1, -0.05) is 230 Å². The molecule has 0 aliphatic rings. The number of allylic oxidation sites excluding steroid dienone is 8. The summed E-state index contributed by atoms with van der Waals surface area (Å²) in [5.41, 5.74) is 0. The van der Waals surface area contributed by atoms with Crippen LogP contribution in [0.25, 0.3) is 0 Å². The van der Waals surface area contributed by atoms with Gasteiger partial charge in [-0.15, -0.1) is 0 Å². The van der Waals surface area contributed by atoms with E-state index >= 15 is 0 Å².